The van der Waals surface area contributed by atoms with Gasteiger partial charge in [-0.05, 0) is 12.5 Å². The van der Waals surface area contributed by atoms with Gasteiger partial charge in [-0.2, -0.15) is 0 Å². The number of hydrogen-bond acceptors (Lipinski definition) is 1. The molecular weight excluding hydrogens is 246 g/mol. The molecule has 2 rings (SSSR count). The molecule has 1 aromatic heterocycles. The van der Waals surface area contributed by atoms with E-state index >= 15 is 0 Å². The predicted octanol–water partition coefficient (Wildman–Crippen LogP) is 4.97. The molecule has 3 heteroatoms. The average molecular weight is 264 g/mol. The van der Waals surface area contributed by atoms with Gasteiger partial charge in [-0.1, -0.05) is 49.9 Å². The fourth-order valence-corrected chi connectivity index (χ4v) is 2.42. The van der Waals surface area contributed by atoms with Crippen molar-refractivity contribution in [1.29, 1.82) is 0 Å². The second-order valence-corrected chi connectivity index (χ2v) is 5.01. The summed E-state index contributed by atoms with van der Waals surface area (Å²) in [6, 6.07) is 5.65. The van der Waals surface area contributed by atoms with E-state index in [9.17, 15) is 4.79 Å². The van der Waals surface area contributed by atoms with Crippen LogP contribution in [0.25, 0.3) is 10.9 Å². The molecule has 0 amide bonds. The zero-order chi connectivity index (χ0) is 13.0. The Hall–Kier alpha value is -1.28. The first-order chi connectivity index (χ1) is 8.74. The Morgan fingerprint density at radius 3 is 2.89 bits per heavy atom. The average Bonchev–Trinajstić information content (AvgIpc) is 2.80. The summed E-state index contributed by atoms with van der Waals surface area (Å²) in [6.07, 6.45) is 6.90. The van der Waals surface area contributed by atoms with E-state index in [1.54, 1.807) is 6.20 Å². The molecule has 0 fully saturated rings. The molecule has 0 unspecified atom stereocenters. The van der Waals surface area contributed by atoms with Crippen LogP contribution in [0, 0.1) is 0 Å². The first-order valence-electron chi connectivity index (χ1n) is 6.53. The highest BCUT2D eigenvalue weighted by Gasteiger charge is 2.12. The minimum atomic E-state index is 0.208. The maximum Gasteiger partial charge on any atom is 0.165 e. The Morgan fingerprint density at radius 2 is 2.11 bits per heavy atom. The Balaban J connectivity index is 2.11. The van der Waals surface area contributed by atoms with Crippen LogP contribution in [0.2, 0.25) is 5.02 Å². The summed E-state index contributed by atoms with van der Waals surface area (Å²) in [5.41, 5.74) is 1.63. The Bertz CT molecular complexity index is 544. The van der Waals surface area contributed by atoms with Gasteiger partial charge in [0.1, 0.15) is 0 Å². The predicted molar refractivity (Wildman–Crippen MR) is 76.4 cm³/mol. The summed E-state index contributed by atoms with van der Waals surface area (Å²) in [6.45, 7) is 2.17. The largest absolute Gasteiger partial charge is 0.359 e. The molecule has 1 heterocycles. The molecule has 0 radical (unpaired) electrons. The van der Waals surface area contributed by atoms with Crippen LogP contribution in [0.4, 0.5) is 0 Å². The van der Waals surface area contributed by atoms with Gasteiger partial charge in [0.15, 0.2) is 5.78 Å². The number of ketones is 1. The second kappa shape index (κ2) is 6.05. The molecule has 0 saturated heterocycles. The summed E-state index contributed by atoms with van der Waals surface area (Å²) in [7, 11) is 0. The quantitative estimate of drug-likeness (QED) is 0.579. The van der Waals surface area contributed by atoms with Crippen molar-refractivity contribution in [3.05, 3.63) is 35.0 Å². The van der Waals surface area contributed by atoms with Crippen molar-refractivity contribution in [2.24, 2.45) is 0 Å². The molecule has 0 saturated carbocycles. The van der Waals surface area contributed by atoms with E-state index in [0.29, 0.717) is 11.4 Å². The van der Waals surface area contributed by atoms with Crippen LogP contribution >= 0.6 is 11.6 Å². The molecule has 18 heavy (non-hydrogen) atoms. The number of carbonyl (C=O) groups excluding carboxylic acids is 1. The van der Waals surface area contributed by atoms with Gasteiger partial charge in [-0.3, -0.25) is 4.79 Å². The maximum absolute atomic E-state index is 12.1. The van der Waals surface area contributed by atoms with Crippen molar-refractivity contribution in [3.8, 4) is 0 Å². The molecule has 1 N–H and O–H groups in total. The zero-order valence-electron chi connectivity index (χ0n) is 10.6. The molecule has 2 nitrogen and oxygen atoms in total. The van der Waals surface area contributed by atoms with Gasteiger partial charge in [-0.25, -0.2) is 0 Å². The van der Waals surface area contributed by atoms with Gasteiger partial charge < -0.3 is 4.98 Å². The van der Waals surface area contributed by atoms with E-state index < -0.39 is 0 Å². The maximum atomic E-state index is 12.1. The molecule has 0 aliphatic heterocycles. The normalized spacial score (nSPS) is 11.0. The van der Waals surface area contributed by atoms with Crippen LogP contribution < -0.4 is 0 Å². The summed E-state index contributed by atoms with van der Waals surface area (Å²) >= 11 is 6.08. The van der Waals surface area contributed by atoms with Crippen LogP contribution in [-0.2, 0) is 0 Å². The molecule has 0 bridgehead atoms. The fraction of sp³-hybridized carbons (Fsp3) is 0.400. The number of aromatic amines is 1. The molecule has 0 spiro atoms. The van der Waals surface area contributed by atoms with Crippen molar-refractivity contribution in [2.45, 2.75) is 39.0 Å². The van der Waals surface area contributed by atoms with E-state index in [4.69, 9.17) is 11.6 Å². The third kappa shape index (κ3) is 2.75. The van der Waals surface area contributed by atoms with Crippen LogP contribution in [0.5, 0.6) is 0 Å². The number of halogens is 1. The summed E-state index contributed by atoms with van der Waals surface area (Å²) < 4.78 is 0. The van der Waals surface area contributed by atoms with Gasteiger partial charge >= 0.3 is 0 Å². The SMILES string of the molecule is CCCCCCC(=O)c1c[nH]c2c(Cl)cccc12. The summed E-state index contributed by atoms with van der Waals surface area (Å²) in [5, 5.41) is 1.60. The van der Waals surface area contributed by atoms with Gasteiger partial charge in [0.2, 0.25) is 0 Å². The molecule has 0 aliphatic rings. The van der Waals surface area contributed by atoms with E-state index in [1.807, 2.05) is 18.2 Å². The standard InChI is InChI=1S/C15H18ClNO/c1-2-3-4-5-9-14(18)12-10-17-15-11(12)7-6-8-13(15)16/h6-8,10,17H,2-5,9H2,1H3. The van der Waals surface area contributed by atoms with E-state index in [1.165, 1.54) is 12.8 Å². The lowest BCUT2D eigenvalue weighted by molar-refractivity contribution is 0.0981. The highest BCUT2D eigenvalue weighted by molar-refractivity contribution is 6.35. The minimum absolute atomic E-state index is 0.208. The molecule has 2 aromatic rings. The van der Waals surface area contributed by atoms with Crippen molar-refractivity contribution >= 4 is 28.3 Å². The van der Waals surface area contributed by atoms with Crippen molar-refractivity contribution < 1.29 is 4.79 Å². The number of rotatable bonds is 6. The van der Waals surface area contributed by atoms with E-state index in [2.05, 4.69) is 11.9 Å². The minimum Gasteiger partial charge on any atom is -0.359 e. The second-order valence-electron chi connectivity index (χ2n) is 4.60. The highest BCUT2D eigenvalue weighted by Crippen LogP contribution is 2.26. The van der Waals surface area contributed by atoms with Crippen LogP contribution in [0.3, 0.4) is 0 Å². The van der Waals surface area contributed by atoms with Gasteiger partial charge in [-0.15, -0.1) is 0 Å². The molecule has 96 valence electrons. The van der Waals surface area contributed by atoms with Crippen molar-refractivity contribution in [1.82, 2.24) is 4.98 Å². The Kier molecular flexibility index (Phi) is 4.43. The van der Waals surface area contributed by atoms with Crippen LogP contribution in [0.15, 0.2) is 24.4 Å². The molecule has 0 atom stereocenters. The number of aromatic nitrogens is 1. The third-order valence-corrected chi connectivity index (χ3v) is 3.54. The summed E-state index contributed by atoms with van der Waals surface area (Å²) in [4.78, 5) is 15.2. The molecular formula is C15H18ClNO. The lowest BCUT2D eigenvalue weighted by Crippen LogP contribution is -1.97. The highest BCUT2D eigenvalue weighted by atomic mass is 35.5. The van der Waals surface area contributed by atoms with Gasteiger partial charge in [0, 0.05) is 23.6 Å². The number of carbonyl (C=O) groups is 1. The first kappa shape index (κ1) is 13.2. The molecule has 1 aromatic carbocycles. The number of fused-ring (bicyclic) bond motifs is 1. The van der Waals surface area contributed by atoms with Gasteiger partial charge in [0.25, 0.3) is 0 Å². The fourth-order valence-electron chi connectivity index (χ4n) is 2.20. The zero-order valence-corrected chi connectivity index (χ0v) is 11.4. The van der Waals surface area contributed by atoms with Crippen molar-refractivity contribution in [3.63, 3.8) is 0 Å². The lowest BCUT2D eigenvalue weighted by atomic mass is 10.0. The van der Waals surface area contributed by atoms with Crippen LogP contribution in [-0.4, -0.2) is 10.8 Å². The number of Topliss-reactive ketones (excluding diaryl/α,β-unsaturated/α-hetero) is 1. The topological polar surface area (TPSA) is 32.9 Å². The smallest absolute Gasteiger partial charge is 0.165 e. The number of unbranched alkanes of at least 4 members (excludes halogenated alkanes) is 3. The number of H-pyrrole nitrogens is 1. The number of nitrogens with one attached hydrogen (secondary N) is 1. The van der Waals surface area contributed by atoms with Gasteiger partial charge in [0.05, 0.1) is 10.5 Å². The Labute approximate surface area is 112 Å². The van der Waals surface area contributed by atoms with E-state index in [0.717, 1.165) is 29.3 Å². The number of para-hydroxylation sites is 1. The molecule has 0 aliphatic carbocycles. The lowest BCUT2D eigenvalue weighted by Gasteiger charge is -2.00. The first-order valence-corrected chi connectivity index (χ1v) is 6.90. The summed E-state index contributed by atoms with van der Waals surface area (Å²) in [5.74, 6) is 0.208. The number of benzene rings is 1. The third-order valence-electron chi connectivity index (χ3n) is 3.22. The monoisotopic (exact) mass is 263 g/mol. The van der Waals surface area contributed by atoms with E-state index in [-0.39, 0.29) is 5.78 Å². The van der Waals surface area contributed by atoms with Crippen molar-refractivity contribution in [2.75, 3.05) is 0 Å². The number of hydrogen-bond donors (Lipinski definition) is 1. The van der Waals surface area contributed by atoms with Crippen LogP contribution in [0.1, 0.15) is 49.4 Å². The Morgan fingerprint density at radius 1 is 1.28 bits per heavy atom.